The molecule has 0 amide bonds. The quantitative estimate of drug-likeness (QED) is 0.861. The standard InChI is InChI=1S/C13H15NO4S/c1-18-13(17)11-14-9(12(15)16)10(19-11)8-5-6-2-3-7(8)4-6/h6-8H,2-5H2,1H3,(H,15,16). The number of methoxy groups -OCH3 is 1. The van der Waals surface area contributed by atoms with Gasteiger partial charge in [-0.05, 0) is 37.0 Å². The van der Waals surface area contributed by atoms with Crippen LogP contribution in [0.1, 0.15) is 56.8 Å². The predicted molar refractivity (Wildman–Crippen MR) is 68.6 cm³/mol. The number of hydrogen-bond donors (Lipinski definition) is 1. The molecule has 19 heavy (non-hydrogen) atoms. The monoisotopic (exact) mass is 281 g/mol. The van der Waals surface area contributed by atoms with Crippen LogP contribution in [0.2, 0.25) is 0 Å². The van der Waals surface area contributed by atoms with Gasteiger partial charge in [-0.3, -0.25) is 0 Å². The zero-order chi connectivity index (χ0) is 13.6. The highest BCUT2D eigenvalue weighted by Gasteiger charge is 2.43. The minimum atomic E-state index is -1.05. The van der Waals surface area contributed by atoms with Gasteiger partial charge in [-0.2, -0.15) is 0 Å². The Labute approximate surface area is 114 Å². The van der Waals surface area contributed by atoms with Crippen molar-refractivity contribution in [2.24, 2.45) is 11.8 Å². The molecule has 3 atom stereocenters. The van der Waals surface area contributed by atoms with Crippen molar-refractivity contribution < 1.29 is 19.4 Å². The summed E-state index contributed by atoms with van der Waals surface area (Å²) in [5.74, 6) is -0.0544. The Bertz CT molecular complexity index is 539. The molecule has 0 saturated heterocycles. The van der Waals surface area contributed by atoms with Gasteiger partial charge in [0.2, 0.25) is 5.01 Å². The molecule has 5 nitrogen and oxygen atoms in total. The van der Waals surface area contributed by atoms with E-state index in [1.54, 1.807) is 0 Å². The van der Waals surface area contributed by atoms with Gasteiger partial charge in [0.25, 0.3) is 0 Å². The maximum Gasteiger partial charge on any atom is 0.367 e. The van der Waals surface area contributed by atoms with Crippen LogP contribution in [0.15, 0.2) is 0 Å². The number of carbonyl (C=O) groups excluding carboxylic acids is 1. The summed E-state index contributed by atoms with van der Waals surface area (Å²) in [7, 11) is 1.28. The molecule has 6 heteroatoms. The maximum absolute atomic E-state index is 11.5. The predicted octanol–water partition coefficient (Wildman–Crippen LogP) is 2.53. The van der Waals surface area contributed by atoms with E-state index in [1.807, 2.05) is 0 Å². The minimum Gasteiger partial charge on any atom is -0.476 e. The average Bonchev–Trinajstić information content (AvgIpc) is 3.10. The number of carbonyl (C=O) groups is 2. The summed E-state index contributed by atoms with van der Waals surface area (Å²) in [6, 6.07) is 0. The topological polar surface area (TPSA) is 76.5 Å². The number of carboxylic acid groups (broad SMARTS) is 1. The minimum absolute atomic E-state index is 0.0444. The Balaban J connectivity index is 1.97. The molecule has 2 saturated carbocycles. The molecule has 3 unspecified atom stereocenters. The van der Waals surface area contributed by atoms with E-state index in [9.17, 15) is 14.7 Å². The van der Waals surface area contributed by atoms with E-state index < -0.39 is 11.9 Å². The van der Waals surface area contributed by atoms with Crippen LogP contribution < -0.4 is 0 Å². The third-order valence-electron chi connectivity index (χ3n) is 4.29. The second-order valence-electron chi connectivity index (χ2n) is 5.31. The molecule has 0 spiro atoms. The van der Waals surface area contributed by atoms with Crippen molar-refractivity contribution in [3.63, 3.8) is 0 Å². The molecule has 3 rings (SSSR count). The third-order valence-corrected chi connectivity index (χ3v) is 5.46. The summed E-state index contributed by atoms with van der Waals surface area (Å²) in [6.07, 6.45) is 4.65. The lowest BCUT2D eigenvalue weighted by molar-refractivity contribution is 0.0600. The number of hydrogen-bond acceptors (Lipinski definition) is 5. The van der Waals surface area contributed by atoms with E-state index in [2.05, 4.69) is 9.72 Å². The normalized spacial score (nSPS) is 28.6. The fraction of sp³-hybridized carbons (Fsp3) is 0.615. The smallest absolute Gasteiger partial charge is 0.367 e. The average molecular weight is 281 g/mol. The van der Waals surface area contributed by atoms with Gasteiger partial charge in [0.15, 0.2) is 5.69 Å². The summed E-state index contributed by atoms with van der Waals surface area (Å²) in [5, 5.41) is 9.41. The summed E-state index contributed by atoms with van der Waals surface area (Å²) < 4.78 is 4.62. The second-order valence-corrected chi connectivity index (χ2v) is 6.34. The first-order valence-corrected chi connectivity index (χ1v) is 7.24. The SMILES string of the molecule is COC(=O)c1nc(C(=O)O)c(C2CC3CCC2C3)s1. The van der Waals surface area contributed by atoms with E-state index in [-0.39, 0.29) is 16.6 Å². The van der Waals surface area contributed by atoms with Gasteiger partial charge < -0.3 is 9.84 Å². The molecular formula is C13H15NO4S. The molecule has 2 aliphatic carbocycles. The number of aromatic nitrogens is 1. The van der Waals surface area contributed by atoms with Gasteiger partial charge in [0, 0.05) is 4.88 Å². The molecule has 2 bridgehead atoms. The summed E-state index contributed by atoms with van der Waals surface area (Å²) >= 11 is 1.19. The lowest BCUT2D eigenvalue weighted by Crippen LogP contribution is -2.11. The summed E-state index contributed by atoms with van der Waals surface area (Å²) in [5.41, 5.74) is 0.0444. The first-order chi connectivity index (χ1) is 9.10. The first-order valence-electron chi connectivity index (χ1n) is 6.42. The molecule has 102 valence electrons. The molecule has 0 aromatic carbocycles. The number of carboxylic acids is 1. The Morgan fingerprint density at radius 3 is 2.68 bits per heavy atom. The number of esters is 1. The Morgan fingerprint density at radius 1 is 1.37 bits per heavy atom. The number of thiazole rings is 1. The van der Waals surface area contributed by atoms with Crippen molar-refractivity contribution in [1.29, 1.82) is 0 Å². The largest absolute Gasteiger partial charge is 0.476 e. The van der Waals surface area contributed by atoms with Crippen molar-refractivity contribution in [2.45, 2.75) is 31.6 Å². The maximum atomic E-state index is 11.5. The highest BCUT2D eigenvalue weighted by atomic mass is 32.1. The third kappa shape index (κ3) is 2.04. The molecule has 1 N–H and O–H groups in total. The Kier molecular flexibility index (Phi) is 3.05. The number of rotatable bonds is 3. The highest BCUT2D eigenvalue weighted by Crippen LogP contribution is 2.54. The molecule has 1 heterocycles. The fourth-order valence-electron chi connectivity index (χ4n) is 3.48. The van der Waals surface area contributed by atoms with Crippen LogP contribution in [0.5, 0.6) is 0 Å². The van der Waals surface area contributed by atoms with Crippen LogP contribution in [-0.4, -0.2) is 29.1 Å². The number of ether oxygens (including phenoxy) is 1. The van der Waals surface area contributed by atoms with Crippen LogP contribution in [0.3, 0.4) is 0 Å². The lowest BCUT2D eigenvalue weighted by Gasteiger charge is -2.20. The van der Waals surface area contributed by atoms with Crippen molar-refractivity contribution >= 4 is 23.3 Å². The van der Waals surface area contributed by atoms with Crippen LogP contribution in [0.4, 0.5) is 0 Å². The van der Waals surface area contributed by atoms with E-state index in [1.165, 1.54) is 37.7 Å². The zero-order valence-electron chi connectivity index (χ0n) is 10.6. The van der Waals surface area contributed by atoms with Gasteiger partial charge in [0.05, 0.1) is 7.11 Å². The van der Waals surface area contributed by atoms with Crippen LogP contribution in [-0.2, 0) is 4.74 Å². The van der Waals surface area contributed by atoms with Crippen LogP contribution in [0, 0.1) is 11.8 Å². The second kappa shape index (κ2) is 4.59. The van der Waals surface area contributed by atoms with Gasteiger partial charge in [0.1, 0.15) is 0 Å². The number of aromatic carboxylic acids is 1. The van der Waals surface area contributed by atoms with Crippen molar-refractivity contribution in [1.82, 2.24) is 4.98 Å². The molecule has 1 aromatic rings. The van der Waals surface area contributed by atoms with E-state index in [0.717, 1.165) is 17.2 Å². The molecular weight excluding hydrogens is 266 g/mol. The van der Waals surface area contributed by atoms with Crippen molar-refractivity contribution in [3.8, 4) is 0 Å². The Hall–Kier alpha value is -1.43. The van der Waals surface area contributed by atoms with Crippen molar-refractivity contribution in [2.75, 3.05) is 7.11 Å². The molecule has 0 aliphatic heterocycles. The van der Waals surface area contributed by atoms with Crippen molar-refractivity contribution in [3.05, 3.63) is 15.6 Å². The summed E-state index contributed by atoms with van der Waals surface area (Å²) in [6.45, 7) is 0. The van der Waals surface area contributed by atoms with Crippen LogP contribution >= 0.6 is 11.3 Å². The zero-order valence-corrected chi connectivity index (χ0v) is 11.4. The molecule has 0 radical (unpaired) electrons. The number of nitrogens with zero attached hydrogens (tertiary/aromatic N) is 1. The van der Waals surface area contributed by atoms with E-state index in [0.29, 0.717) is 5.92 Å². The fourth-order valence-corrected chi connectivity index (χ4v) is 4.66. The van der Waals surface area contributed by atoms with Gasteiger partial charge in [-0.25, -0.2) is 14.6 Å². The lowest BCUT2D eigenvalue weighted by atomic mass is 9.87. The summed E-state index contributed by atoms with van der Waals surface area (Å²) in [4.78, 5) is 27.5. The van der Waals surface area contributed by atoms with E-state index in [4.69, 9.17) is 0 Å². The van der Waals surface area contributed by atoms with Gasteiger partial charge in [-0.15, -0.1) is 11.3 Å². The highest BCUT2D eigenvalue weighted by molar-refractivity contribution is 7.14. The number of fused-ring (bicyclic) bond motifs is 2. The first kappa shape index (κ1) is 12.6. The van der Waals surface area contributed by atoms with Gasteiger partial charge in [-0.1, -0.05) is 6.42 Å². The Morgan fingerprint density at radius 2 is 2.16 bits per heavy atom. The molecule has 2 fully saturated rings. The van der Waals surface area contributed by atoms with Crippen LogP contribution in [0.25, 0.3) is 0 Å². The molecule has 1 aromatic heterocycles. The van der Waals surface area contributed by atoms with E-state index >= 15 is 0 Å². The van der Waals surface area contributed by atoms with Gasteiger partial charge >= 0.3 is 11.9 Å². The molecule has 2 aliphatic rings.